The normalized spacial score (nSPS) is 11.8. The van der Waals surface area contributed by atoms with E-state index in [9.17, 15) is 4.79 Å². The summed E-state index contributed by atoms with van der Waals surface area (Å²) in [4.78, 5) is 11.9. The average molecular weight is 347 g/mol. The second kappa shape index (κ2) is 9.30. The second-order valence-electron chi connectivity index (χ2n) is 5.67. The number of aliphatic hydroxyl groups excluding tert-OH is 1. The third-order valence-corrected chi connectivity index (χ3v) is 4.21. The first-order valence-electron chi connectivity index (χ1n) is 8.08. The van der Waals surface area contributed by atoms with Crippen LogP contribution in [0, 0.1) is 0 Å². The highest BCUT2D eigenvalue weighted by atomic mass is 35.5. The van der Waals surface area contributed by atoms with Crippen molar-refractivity contribution in [1.82, 2.24) is 5.32 Å². The molecule has 1 amide bonds. The van der Waals surface area contributed by atoms with Gasteiger partial charge in [-0.3, -0.25) is 4.79 Å². The van der Waals surface area contributed by atoms with Crippen LogP contribution in [0.3, 0.4) is 0 Å². The van der Waals surface area contributed by atoms with E-state index in [4.69, 9.17) is 16.7 Å². The number of nitrogens with one attached hydrogen (secondary N) is 2. The summed E-state index contributed by atoms with van der Waals surface area (Å²) in [5.41, 5.74) is 2.95. The van der Waals surface area contributed by atoms with E-state index in [1.807, 2.05) is 55.5 Å². The van der Waals surface area contributed by atoms with Crippen molar-refractivity contribution >= 4 is 23.2 Å². The van der Waals surface area contributed by atoms with Gasteiger partial charge in [0.05, 0.1) is 19.1 Å². The molecule has 2 aromatic rings. The molecule has 24 heavy (non-hydrogen) atoms. The molecule has 128 valence electrons. The zero-order valence-corrected chi connectivity index (χ0v) is 14.5. The summed E-state index contributed by atoms with van der Waals surface area (Å²) >= 11 is 6.14. The molecule has 2 aromatic carbocycles. The predicted octanol–water partition coefficient (Wildman–Crippen LogP) is 3.38. The van der Waals surface area contributed by atoms with Crippen molar-refractivity contribution in [2.75, 3.05) is 11.9 Å². The Hall–Kier alpha value is -2.04. The molecule has 0 aliphatic heterocycles. The minimum atomic E-state index is -0.172. The molecule has 5 heteroatoms. The van der Waals surface area contributed by atoms with Crippen LogP contribution in [-0.4, -0.2) is 23.7 Å². The Balaban J connectivity index is 1.86. The lowest BCUT2D eigenvalue weighted by molar-refractivity contribution is -0.121. The Bertz CT molecular complexity index is 655. The molecule has 0 saturated carbocycles. The second-order valence-corrected chi connectivity index (χ2v) is 6.08. The van der Waals surface area contributed by atoms with Gasteiger partial charge in [-0.1, -0.05) is 48.9 Å². The Morgan fingerprint density at radius 3 is 2.50 bits per heavy atom. The summed E-state index contributed by atoms with van der Waals surface area (Å²) in [6, 6.07) is 15.3. The summed E-state index contributed by atoms with van der Waals surface area (Å²) in [6.07, 6.45) is 1.02. The highest BCUT2D eigenvalue weighted by molar-refractivity contribution is 6.31. The van der Waals surface area contributed by atoms with Crippen molar-refractivity contribution < 1.29 is 9.90 Å². The number of halogens is 1. The zero-order chi connectivity index (χ0) is 17.4. The Labute approximate surface area is 147 Å². The number of benzene rings is 2. The molecular weight excluding hydrogens is 324 g/mol. The van der Waals surface area contributed by atoms with Gasteiger partial charge >= 0.3 is 0 Å². The molecule has 3 N–H and O–H groups in total. The van der Waals surface area contributed by atoms with Crippen LogP contribution in [0.2, 0.25) is 5.02 Å². The number of amides is 1. The monoisotopic (exact) mass is 346 g/mol. The summed E-state index contributed by atoms with van der Waals surface area (Å²) in [5.74, 6) is -0.0762. The first kappa shape index (κ1) is 18.3. The van der Waals surface area contributed by atoms with Gasteiger partial charge in [0, 0.05) is 17.3 Å². The van der Waals surface area contributed by atoms with E-state index in [-0.39, 0.29) is 18.6 Å². The maximum atomic E-state index is 11.9. The smallest absolute Gasteiger partial charge is 0.224 e. The van der Waals surface area contributed by atoms with Crippen LogP contribution >= 0.6 is 11.6 Å². The standard InChI is InChI=1S/C19H23ClN2O2/c1-2-16(13-23)22-19(24)11-14-7-9-17(10-8-14)21-12-15-5-3-4-6-18(15)20/h3-10,16,21,23H,2,11-13H2,1H3,(H,22,24). The van der Waals surface area contributed by atoms with Crippen molar-refractivity contribution in [3.8, 4) is 0 Å². The van der Waals surface area contributed by atoms with Gasteiger partial charge in [-0.05, 0) is 35.7 Å². The molecule has 1 unspecified atom stereocenters. The average Bonchev–Trinajstić information content (AvgIpc) is 2.60. The van der Waals surface area contributed by atoms with E-state index < -0.39 is 0 Å². The summed E-state index contributed by atoms with van der Waals surface area (Å²) < 4.78 is 0. The van der Waals surface area contributed by atoms with Crippen LogP contribution in [0.25, 0.3) is 0 Å². The maximum absolute atomic E-state index is 11.9. The maximum Gasteiger partial charge on any atom is 0.224 e. The fourth-order valence-corrected chi connectivity index (χ4v) is 2.52. The molecule has 0 bridgehead atoms. The molecule has 0 aromatic heterocycles. The Kier molecular flexibility index (Phi) is 7.09. The molecule has 0 saturated heterocycles. The van der Waals surface area contributed by atoms with Gasteiger partial charge in [-0.2, -0.15) is 0 Å². The number of carbonyl (C=O) groups excluding carboxylic acids is 1. The molecule has 2 rings (SSSR count). The molecule has 0 heterocycles. The quantitative estimate of drug-likeness (QED) is 0.686. The van der Waals surface area contributed by atoms with E-state index in [1.165, 1.54) is 0 Å². The lowest BCUT2D eigenvalue weighted by atomic mass is 10.1. The van der Waals surface area contributed by atoms with Crippen LogP contribution < -0.4 is 10.6 Å². The van der Waals surface area contributed by atoms with Crippen molar-refractivity contribution in [2.45, 2.75) is 32.4 Å². The highest BCUT2D eigenvalue weighted by Gasteiger charge is 2.09. The number of anilines is 1. The van der Waals surface area contributed by atoms with Gasteiger partial charge in [-0.25, -0.2) is 0 Å². The summed E-state index contributed by atoms with van der Waals surface area (Å²) in [6.45, 7) is 2.54. The molecule has 4 nitrogen and oxygen atoms in total. The lowest BCUT2D eigenvalue weighted by Gasteiger charge is -2.14. The predicted molar refractivity (Wildman–Crippen MR) is 98.2 cm³/mol. The van der Waals surface area contributed by atoms with Crippen LogP contribution in [0.5, 0.6) is 0 Å². The van der Waals surface area contributed by atoms with Crippen LogP contribution in [-0.2, 0) is 17.8 Å². The molecule has 0 aliphatic rings. The molecule has 1 atom stereocenters. The van der Waals surface area contributed by atoms with Crippen LogP contribution in [0.1, 0.15) is 24.5 Å². The fourth-order valence-electron chi connectivity index (χ4n) is 2.32. The van der Waals surface area contributed by atoms with Gasteiger partial charge in [0.25, 0.3) is 0 Å². The number of carbonyl (C=O) groups is 1. The third kappa shape index (κ3) is 5.55. The number of hydrogen-bond donors (Lipinski definition) is 3. The van der Waals surface area contributed by atoms with Crippen LogP contribution in [0.4, 0.5) is 5.69 Å². The van der Waals surface area contributed by atoms with E-state index >= 15 is 0 Å². The molecule has 0 spiro atoms. The largest absolute Gasteiger partial charge is 0.394 e. The van der Waals surface area contributed by atoms with Gasteiger partial charge in [0.1, 0.15) is 0 Å². The molecular formula is C19H23ClN2O2. The fraction of sp³-hybridized carbons (Fsp3) is 0.316. The SMILES string of the molecule is CCC(CO)NC(=O)Cc1ccc(NCc2ccccc2Cl)cc1. The number of hydrogen-bond acceptors (Lipinski definition) is 3. The van der Waals surface area contributed by atoms with Crippen LogP contribution in [0.15, 0.2) is 48.5 Å². The van der Waals surface area contributed by atoms with Gasteiger partial charge in [0.2, 0.25) is 5.91 Å². The van der Waals surface area contributed by atoms with E-state index in [0.29, 0.717) is 19.4 Å². The summed E-state index contributed by atoms with van der Waals surface area (Å²) in [7, 11) is 0. The highest BCUT2D eigenvalue weighted by Crippen LogP contribution is 2.17. The van der Waals surface area contributed by atoms with Crippen molar-refractivity contribution in [3.63, 3.8) is 0 Å². The van der Waals surface area contributed by atoms with E-state index in [0.717, 1.165) is 21.8 Å². The Morgan fingerprint density at radius 2 is 1.88 bits per heavy atom. The van der Waals surface area contributed by atoms with E-state index in [2.05, 4.69) is 10.6 Å². The number of aliphatic hydroxyl groups is 1. The van der Waals surface area contributed by atoms with Gasteiger partial charge < -0.3 is 15.7 Å². The summed E-state index contributed by atoms with van der Waals surface area (Å²) in [5, 5.41) is 16.0. The number of rotatable bonds is 8. The van der Waals surface area contributed by atoms with Gasteiger partial charge in [0.15, 0.2) is 0 Å². The first-order valence-corrected chi connectivity index (χ1v) is 8.46. The molecule has 0 radical (unpaired) electrons. The minimum absolute atomic E-state index is 0.0346. The van der Waals surface area contributed by atoms with Gasteiger partial charge in [-0.15, -0.1) is 0 Å². The third-order valence-electron chi connectivity index (χ3n) is 3.84. The minimum Gasteiger partial charge on any atom is -0.394 e. The Morgan fingerprint density at radius 1 is 1.17 bits per heavy atom. The zero-order valence-electron chi connectivity index (χ0n) is 13.8. The molecule has 0 aliphatic carbocycles. The first-order chi connectivity index (χ1) is 11.6. The van der Waals surface area contributed by atoms with E-state index in [1.54, 1.807) is 0 Å². The van der Waals surface area contributed by atoms with Crippen molar-refractivity contribution in [1.29, 1.82) is 0 Å². The molecule has 0 fully saturated rings. The van der Waals surface area contributed by atoms with Crippen molar-refractivity contribution in [2.24, 2.45) is 0 Å². The lowest BCUT2D eigenvalue weighted by Crippen LogP contribution is -2.37. The van der Waals surface area contributed by atoms with Crippen molar-refractivity contribution in [3.05, 3.63) is 64.7 Å². The topological polar surface area (TPSA) is 61.4 Å².